The molecule has 100 valence electrons. The minimum Gasteiger partial charge on any atom is -0.381 e. The van der Waals surface area contributed by atoms with Crippen molar-refractivity contribution in [2.24, 2.45) is 0 Å². The number of methoxy groups -OCH3 is 1. The van der Waals surface area contributed by atoms with Crippen LogP contribution in [0.2, 0.25) is 0 Å². The summed E-state index contributed by atoms with van der Waals surface area (Å²) in [5.41, 5.74) is 0.773. The first-order valence-corrected chi connectivity index (χ1v) is 6.34. The Kier molecular flexibility index (Phi) is 4.30. The van der Waals surface area contributed by atoms with E-state index in [-0.39, 0.29) is 6.04 Å². The Morgan fingerprint density at radius 3 is 2.67 bits per heavy atom. The fourth-order valence-corrected chi connectivity index (χ4v) is 2.54. The lowest BCUT2D eigenvalue weighted by molar-refractivity contribution is 0.106. The third kappa shape index (κ3) is 3.06. The smallest absolute Gasteiger partial charge is 0.159 e. The van der Waals surface area contributed by atoms with Gasteiger partial charge in [0, 0.05) is 19.2 Å². The van der Waals surface area contributed by atoms with Gasteiger partial charge in [0.25, 0.3) is 0 Å². The van der Waals surface area contributed by atoms with Gasteiger partial charge in [-0.1, -0.05) is 6.07 Å². The molecule has 1 aliphatic carbocycles. The molecule has 2 nitrogen and oxygen atoms in total. The molecule has 1 fully saturated rings. The maximum Gasteiger partial charge on any atom is 0.159 e. The standard InChI is InChI=1S/C14H19F2NO/c1-9(10-3-6-13(15)14(16)7-10)17-11-4-5-12(8-11)18-2/h3,6-7,9,11-12,17H,4-5,8H2,1-2H3. The predicted octanol–water partition coefficient (Wildman–Crippen LogP) is 3.18. The van der Waals surface area contributed by atoms with Crippen LogP contribution in [0.3, 0.4) is 0 Å². The Labute approximate surface area is 106 Å². The molecule has 0 amide bonds. The van der Waals surface area contributed by atoms with Crippen molar-refractivity contribution in [3.8, 4) is 0 Å². The predicted molar refractivity (Wildman–Crippen MR) is 66.3 cm³/mol. The maximum absolute atomic E-state index is 13.1. The highest BCUT2D eigenvalue weighted by atomic mass is 19.2. The van der Waals surface area contributed by atoms with Crippen molar-refractivity contribution in [2.45, 2.75) is 44.4 Å². The molecule has 1 aromatic carbocycles. The normalized spacial score (nSPS) is 25.3. The van der Waals surface area contributed by atoms with E-state index in [2.05, 4.69) is 5.32 Å². The van der Waals surface area contributed by atoms with Crippen LogP contribution in [0.4, 0.5) is 8.78 Å². The molecule has 1 N–H and O–H groups in total. The monoisotopic (exact) mass is 255 g/mol. The molecular formula is C14H19F2NO. The molecule has 4 heteroatoms. The number of nitrogens with one attached hydrogen (secondary N) is 1. The Hall–Kier alpha value is -1.00. The zero-order chi connectivity index (χ0) is 13.1. The van der Waals surface area contributed by atoms with Crippen LogP contribution >= 0.6 is 0 Å². The molecular weight excluding hydrogens is 236 g/mol. The summed E-state index contributed by atoms with van der Waals surface area (Å²) in [7, 11) is 1.73. The summed E-state index contributed by atoms with van der Waals surface area (Å²) in [4.78, 5) is 0. The zero-order valence-corrected chi connectivity index (χ0v) is 10.7. The van der Waals surface area contributed by atoms with Crippen molar-refractivity contribution in [3.63, 3.8) is 0 Å². The quantitative estimate of drug-likeness (QED) is 0.892. The highest BCUT2D eigenvalue weighted by Crippen LogP contribution is 2.24. The fraction of sp³-hybridized carbons (Fsp3) is 0.571. The largest absolute Gasteiger partial charge is 0.381 e. The third-order valence-electron chi connectivity index (χ3n) is 3.65. The summed E-state index contributed by atoms with van der Waals surface area (Å²) in [5, 5.41) is 3.44. The summed E-state index contributed by atoms with van der Waals surface area (Å²) < 4.78 is 31.3. The van der Waals surface area contributed by atoms with Gasteiger partial charge in [-0.05, 0) is 43.9 Å². The Balaban J connectivity index is 1.95. The molecule has 3 unspecified atom stereocenters. The Bertz CT molecular complexity index is 411. The first-order valence-electron chi connectivity index (χ1n) is 6.34. The van der Waals surface area contributed by atoms with Gasteiger partial charge in [-0.3, -0.25) is 0 Å². The second kappa shape index (κ2) is 5.76. The van der Waals surface area contributed by atoms with E-state index in [0.29, 0.717) is 12.1 Å². The van der Waals surface area contributed by atoms with Gasteiger partial charge >= 0.3 is 0 Å². The van der Waals surface area contributed by atoms with Gasteiger partial charge in [0.15, 0.2) is 11.6 Å². The number of benzene rings is 1. The van der Waals surface area contributed by atoms with E-state index >= 15 is 0 Å². The molecule has 3 atom stereocenters. The summed E-state index contributed by atoms with van der Waals surface area (Å²) in [6.45, 7) is 1.97. The molecule has 0 spiro atoms. The second-order valence-corrected chi connectivity index (χ2v) is 4.93. The first kappa shape index (κ1) is 13.4. The number of rotatable bonds is 4. The van der Waals surface area contributed by atoms with E-state index in [1.54, 1.807) is 13.2 Å². The van der Waals surface area contributed by atoms with Crippen LogP contribution in [0.15, 0.2) is 18.2 Å². The average molecular weight is 255 g/mol. The minimum absolute atomic E-state index is 0.0145. The van der Waals surface area contributed by atoms with Crippen molar-refractivity contribution in [1.82, 2.24) is 5.32 Å². The van der Waals surface area contributed by atoms with E-state index in [0.717, 1.165) is 24.8 Å². The highest BCUT2D eigenvalue weighted by Gasteiger charge is 2.25. The van der Waals surface area contributed by atoms with Crippen molar-refractivity contribution < 1.29 is 13.5 Å². The van der Waals surface area contributed by atoms with Crippen LogP contribution in [0.25, 0.3) is 0 Å². The lowest BCUT2D eigenvalue weighted by Crippen LogP contribution is -2.30. The van der Waals surface area contributed by atoms with Gasteiger partial charge in [0.05, 0.1) is 6.10 Å². The van der Waals surface area contributed by atoms with E-state index in [1.807, 2.05) is 6.92 Å². The summed E-state index contributed by atoms with van der Waals surface area (Å²) in [5.74, 6) is -1.59. The van der Waals surface area contributed by atoms with E-state index < -0.39 is 11.6 Å². The topological polar surface area (TPSA) is 21.3 Å². The Morgan fingerprint density at radius 1 is 1.28 bits per heavy atom. The van der Waals surface area contributed by atoms with Crippen molar-refractivity contribution in [2.75, 3.05) is 7.11 Å². The van der Waals surface area contributed by atoms with Crippen molar-refractivity contribution >= 4 is 0 Å². The molecule has 18 heavy (non-hydrogen) atoms. The minimum atomic E-state index is -0.800. The second-order valence-electron chi connectivity index (χ2n) is 4.93. The number of hydrogen-bond acceptors (Lipinski definition) is 2. The molecule has 0 aliphatic heterocycles. The van der Waals surface area contributed by atoms with Gasteiger partial charge in [-0.2, -0.15) is 0 Å². The lowest BCUT2D eigenvalue weighted by atomic mass is 10.1. The highest BCUT2D eigenvalue weighted by molar-refractivity contribution is 5.21. The first-order chi connectivity index (χ1) is 8.60. The zero-order valence-electron chi connectivity index (χ0n) is 10.7. The van der Waals surface area contributed by atoms with Gasteiger partial charge in [-0.15, -0.1) is 0 Å². The van der Waals surface area contributed by atoms with Gasteiger partial charge in [0.1, 0.15) is 0 Å². The summed E-state index contributed by atoms with van der Waals surface area (Å²) >= 11 is 0. The molecule has 0 aromatic heterocycles. The van der Waals surface area contributed by atoms with Crippen LogP contribution in [0, 0.1) is 11.6 Å². The number of ether oxygens (including phenoxy) is 1. The summed E-state index contributed by atoms with van der Waals surface area (Å²) in [6, 6.07) is 4.46. The molecule has 1 saturated carbocycles. The van der Waals surface area contributed by atoms with Crippen LogP contribution in [0.5, 0.6) is 0 Å². The van der Waals surface area contributed by atoms with Gasteiger partial charge < -0.3 is 10.1 Å². The lowest BCUT2D eigenvalue weighted by Gasteiger charge is -2.20. The average Bonchev–Trinajstić information content (AvgIpc) is 2.80. The van der Waals surface area contributed by atoms with E-state index in [9.17, 15) is 8.78 Å². The van der Waals surface area contributed by atoms with Crippen molar-refractivity contribution in [3.05, 3.63) is 35.4 Å². The van der Waals surface area contributed by atoms with E-state index in [4.69, 9.17) is 4.74 Å². The molecule has 2 rings (SSSR count). The van der Waals surface area contributed by atoms with Crippen molar-refractivity contribution in [1.29, 1.82) is 0 Å². The SMILES string of the molecule is COC1CCC(NC(C)c2ccc(F)c(F)c2)C1. The van der Waals surface area contributed by atoms with Crippen LogP contribution in [-0.2, 0) is 4.74 Å². The molecule has 1 aliphatic rings. The molecule has 0 saturated heterocycles. The molecule has 0 radical (unpaired) electrons. The van der Waals surface area contributed by atoms with Gasteiger partial charge in [-0.25, -0.2) is 8.78 Å². The van der Waals surface area contributed by atoms with Gasteiger partial charge in [0.2, 0.25) is 0 Å². The molecule has 0 bridgehead atoms. The maximum atomic E-state index is 13.1. The summed E-state index contributed by atoms with van der Waals surface area (Å²) in [6.07, 6.45) is 3.41. The fourth-order valence-electron chi connectivity index (χ4n) is 2.54. The Morgan fingerprint density at radius 2 is 2.06 bits per heavy atom. The third-order valence-corrected chi connectivity index (χ3v) is 3.65. The molecule has 1 aromatic rings. The van der Waals surface area contributed by atoms with Crippen LogP contribution < -0.4 is 5.32 Å². The van der Waals surface area contributed by atoms with E-state index in [1.165, 1.54) is 12.1 Å². The number of hydrogen-bond donors (Lipinski definition) is 1. The van der Waals surface area contributed by atoms with Crippen LogP contribution in [0.1, 0.15) is 37.8 Å². The number of halogens is 2. The van der Waals surface area contributed by atoms with Crippen LogP contribution in [-0.4, -0.2) is 19.3 Å². The molecule has 0 heterocycles.